The Bertz CT molecular complexity index is 772. The third-order valence-electron chi connectivity index (χ3n) is 4.23. The van der Waals surface area contributed by atoms with Crippen LogP contribution in [0.2, 0.25) is 0 Å². The number of amides is 1. The van der Waals surface area contributed by atoms with Gasteiger partial charge in [-0.15, -0.1) is 0 Å². The summed E-state index contributed by atoms with van der Waals surface area (Å²) in [6.45, 7) is 0. The minimum Gasteiger partial charge on any atom is -0.550 e. The van der Waals surface area contributed by atoms with Crippen LogP contribution in [0.3, 0.4) is 0 Å². The van der Waals surface area contributed by atoms with Crippen molar-refractivity contribution in [3.05, 3.63) is 71.8 Å². The van der Waals surface area contributed by atoms with Gasteiger partial charge in [0.15, 0.2) is 0 Å². The first-order chi connectivity index (χ1) is 12.1. The van der Waals surface area contributed by atoms with Crippen molar-refractivity contribution in [1.82, 2.24) is 5.01 Å². The first kappa shape index (κ1) is 16.9. The molecule has 25 heavy (non-hydrogen) atoms. The number of benzene rings is 2. The van der Waals surface area contributed by atoms with Crippen molar-refractivity contribution in [2.24, 2.45) is 5.10 Å². The molecule has 5 nitrogen and oxygen atoms in total. The van der Waals surface area contributed by atoms with Crippen LogP contribution in [0, 0.1) is 0 Å². The highest BCUT2D eigenvalue weighted by atomic mass is 16.4. The van der Waals surface area contributed by atoms with Gasteiger partial charge in [-0.1, -0.05) is 60.7 Å². The lowest BCUT2D eigenvalue weighted by molar-refractivity contribution is -0.305. The van der Waals surface area contributed by atoms with E-state index in [1.807, 2.05) is 60.7 Å². The third kappa shape index (κ3) is 4.12. The molecule has 128 valence electrons. The maximum atomic E-state index is 12.6. The molecule has 0 spiro atoms. The summed E-state index contributed by atoms with van der Waals surface area (Å²) in [5, 5.41) is 16.6. The summed E-state index contributed by atoms with van der Waals surface area (Å²) >= 11 is 0. The van der Waals surface area contributed by atoms with E-state index in [0.29, 0.717) is 6.42 Å². The summed E-state index contributed by atoms with van der Waals surface area (Å²) < 4.78 is 0. The fourth-order valence-electron chi connectivity index (χ4n) is 2.98. The molecule has 1 amide bonds. The molecule has 1 heterocycles. The van der Waals surface area contributed by atoms with Crippen molar-refractivity contribution in [3.8, 4) is 0 Å². The number of carboxylic acid groups (broad SMARTS) is 1. The van der Waals surface area contributed by atoms with Crippen molar-refractivity contribution in [2.75, 3.05) is 0 Å². The Kier molecular flexibility index (Phi) is 5.23. The fraction of sp³-hybridized carbons (Fsp3) is 0.250. The second kappa shape index (κ2) is 7.75. The molecule has 1 aliphatic heterocycles. The molecular formula is C20H19N2O3-. The number of hydrazone groups is 1. The average molecular weight is 335 g/mol. The van der Waals surface area contributed by atoms with Gasteiger partial charge >= 0.3 is 0 Å². The number of aliphatic carboxylic acids is 1. The molecule has 0 N–H and O–H groups in total. The predicted octanol–water partition coefficient (Wildman–Crippen LogP) is 2.28. The number of rotatable bonds is 6. The van der Waals surface area contributed by atoms with Crippen molar-refractivity contribution in [3.63, 3.8) is 0 Å². The van der Waals surface area contributed by atoms with E-state index >= 15 is 0 Å². The Morgan fingerprint density at radius 3 is 2.28 bits per heavy atom. The van der Waals surface area contributed by atoms with Crippen molar-refractivity contribution in [2.45, 2.75) is 31.7 Å². The third-order valence-corrected chi connectivity index (χ3v) is 4.23. The van der Waals surface area contributed by atoms with E-state index < -0.39 is 5.97 Å². The zero-order chi connectivity index (χ0) is 17.6. The van der Waals surface area contributed by atoms with E-state index in [4.69, 9.17) is 0 Å². The summed E-state index contributed by atoms with van der Waals surface area (Å²) in [7, 11) is 0. The van der Waals surface area contributed by atoms with E-state index in [1.165, 1.54) is 5.01 Å². The highest BCUT2D eigenvalue weighted by Crippen LogP contribution is 2.33. The van der Waals surface area contributed by atoms with E-state index in [-0.39, 0.29) is 31.2 Å². The van der Waals surface area contributed by atoms with Gasteiger partial charge in [0.2, 0.25) is 5.91 Å². The molecule has 3 rings (SSSR count). The number of hydrogen-bond donors (Lipinski definition) is 0. The maximum absolute atomic E-state index is 12.6. The Labute approximate surface area is 146 Å². The molecule has 1 atom stereocenters. The van der Waals surface area contributed by atoms with E-state index in [2.05, 4.69) is 5.10 Å². The van der Waals surface area contributed by atoms with Gasteiger partial charge < -0.3 is 9.90 Å². The molecule has 0 aromatic heterocycles. The van der Waals surface area contributed by atoms with Gasteiger partial charge in [-0.2, -0.15) is 5.10 Å². The second-order valence-electron chi connectivity index (χ2n) is 6.01. The van der Waals surface area contributed by atoms with Crippen LogP contribution in [0.4, 0.5) is 0 Å². The average Bonchev–Trinajstić information content (AvgIpc) is 3.08. The van der Waals surface area contributed by atoms with Crippen LogP contribution in [-0.2, 0) is 9.59 Å². The van der Waals surface area contributed by atoms with Crippen molar-refractivity contribution >= 4 is 17.6 Å². The molecule has 0 aliphatic carbocycles. The minimum absolute atomic E-state index is 0.120. The molecular weight excluding hydrogens is 316 g/mol. The molecule has 5 heteroatoms. The molecule has 0 unspecified atom stereocenters. The summed E-state index contributed by atoms with van der Waals surface area (Å²) in [6, 6.07) is 19.4. The lowest BCUT2D eigenvalue weighted by atomic mass is 9.98. The molecule has 0 saturated carbocycles. The largest absolute Gasteiger partial charge is 0.550 e. The molecule has 1 aliphatic rings. The Morgan fingerprint density at radius 1 is 1.00 bits per heavy atom. The minimum atomic E-state index is -1.14. The summed E-state index contributed by atoms with van der Waals surface area (Å²) in [4.78, 5) is 23.2. The molecule has 0 radical (unpaired) electrons. The van der Waals surface area contributed by atoms with Crippen LogP contribution in [0.25, 0.3) is 0 Å². The Hall–Kier alpha value is -2.95. The normalized spacial score (nSPS) is 16.6. The van der Waals surface area contributed by atoms with Gasteiger partial charge in [0.1, 0.15) is 0 Å². The van der Waals surface area contributed by atoms with Gasteiger partial charge in [-0.25, -0.2) is 5.01 Å². The summed E-state index contributed by atoms with van der Waals surface area (Å²) in [5.74, 6) is -1.30. The SMILES string of the molecule is O=C([O-])CCCC(=O)N1N=C(c2ccccc2)C[C@@H]1c1ccccc1. The lowest BCUT2D eigenvalue weighted by Crippen LogP contribution is -2.28. The number of carbonyl (C=O) groups excluding carboxylic acids is 2. The van der Waals surface area contributed by atoms with Crippen LogP contribution in [0.5, 0.6) is 0 Å². The van der Waals surface area contributed by atoms with Gasteiger partial charge in [0, 0.05) is 18.8 Å². The van der Waals surface area contributed by atoms with Gasteiger partial charge in [0.25, 0.3) is 0 Å². The number of carboxylic acids is 1. The van der Waals surface area contributed by atoms with Crippen LogP contribution in [0.1, 0.15) is 42.9 Å². The number of nitrogens with zero attached hydrogens (tertiary/aromatic N) is 2. The van der Waals surface area contributed by atoms with Gasteiger partial charge in [-0.05, 0) is 24.0 Å². The Morgan fingerprint density at radius 2 is 1.64 bits per heavy atom. The zero-order valence-electron chi connectivity index (χ0n) is 13.8. The quantitative estimate of drug-likeness (QED) is 0.813. The van der Waals surface area contributed by atoms with E-state index in [1.54, 1.807) is 0 Å². The van der Waals surface area contributed by atoms with Gasteiger partial charge in [0.05, 0.1) is 11.8 Å². The van der Waals surface area contributed by atoms with E-state index in [9.17, 15) is 14.7 Å². The topological polar surface area (TPSA) is 72.8 Å². The van der Waals surface area contributed by atoms with Crippen LogP contribution < -0.4 is 5.11 Å². The summed E-state index contributed by atoms with van der Waals surface area (Å²) in [6.07, 6.45) is 0.920. The smallest absolute Gasteiger partial charge is 0.243 e. The van der Waals surface area contributed by atoms with Crippen LogP contribution in [-0.4, -0.2) is 22.6 Å². The highest BCUT2D eigenvalue weighted by Gasteiger charge is 2.32. The summed E-state index contributed by atoms with van der Waals surface area (Å²) in [5.41, 5.74) is 2.88. The van der Waals surface area contributed by atoms with E-state index in [0.717, 1.165) is 16.8 Å². The molecule has 0 bridgehead atoms. The fourth-order valence-corrected chi connectivity index (χ4v) is 2.98. The zero-order valence-corrected chi connectivity index (χ0v) is 13.8. The predicted molar refractivity (Wildman–Crippen MR) is 92.5 cm³/mol. The number of hydrogen-bond acceptors (Lipinski definition) is 4. The molecule has 2 aromatic rings. The van der Waals surface area contributed by atoms with Crippen LogP contribution >= 0.6 is 0 Å². The maximum Gasteiger partial charge on any atom is 0.243 e. The van der Waals surface area contributed by atoms with Crippen LogP contribution in [0.15, 0.2) is 65.8 Å². The first-order valence-electron chi connectivity index (χ1n) is 8.35. The highest BCUT2D eigenvalue weighted by molar-refractivity contribution is 6.03. The lowest BCUT2D eigenvalue weighted by Gasteiger charge is -2.22. The monoisotopic (exact) mass is 335 g/mol. The molecule has 0 fully saturated rings. The molecule has 2 aromatic carbocycles. The van der Waals surface area contributed by atoms with Crippen molar-refractivity contribution < 1.29 is 14.7 Å². The van der Waals surface area contributed by atoms with Crippen molar-refractivity contribution in [1.29, 1.82) is 0 Å². The molecule has 0 saturated heterocycles. The second-order valence-corrected chi connectivity index (χ2v) is 6.01. The first-order valence-corrected chi connectivity index (χ1v) is 8.35. The standard InChI is InChI=1S/C20H20N2O3/c23-19(12-7-13-20(24)25)22-18(16-10-5-2-6-11-16)14-17(21-22)15-8-3-1-4-9-15/h1-6,8-11,18H,7,12-14H2,(H,24,25)/p-1/t18-/m1/s1. The van der Waals surface area contributed by atoms with Gasteiger partial charge in [-0.3, -0.25) is 4.79 Å². The number of carbonyl (C=O) groups is 2. The Balaban J connectivity index is 1.82.